The second-order valence-corrected chi connectivity index (χ2v) is 6.98. The Balaban J connectivity index is 1.51. The van der Waals surface area contributed by atoms with Gasteiger partial charge in [-0.15, -0.1) is 13.2 Å². The molecule has 0 heterocycles. The molecule has 0 aliphatic carbocycles. The fourth-order valence-electron chi connectivity index (χ4n) is 2.80. The van der Waals surface area contributed by atoms with Crippen molar-refractivity contribution in [3.63, 3.8) is 0 Å². The standard InChI is InChI=1S/C24H19F3N2O5/c25-24(26,27)34-21-8-4-17(5-9-21)23(31)33-20-6-1-15(2-7-20)3-10-22(30)32-14-16-11-18(28)13-19(29)12-16/h1-13H,14,28-29H2. The van der Waals surface area contributed by atoms with Crippen LogP contribution in [0.15, 0.2) is 72.8 Å². The molecule has 0 atom stereocenters. The van der Waals surface area contributed by atoms with E-state index in [1.54, 1.807) is 30.3 Å². The Bertz CT molecular complexity index is 1170. The first kappa shape index (κ1) is 24.2. The van der Waals surface area contributed by atoms with Gasteiger partial charge in [-0.3, -0.25) is 0 Å². The molecule has 34 heavy (non-hydrogen) atoms. The molecule has 3 rings (SSSR count). The summed E-state index contributed by atoms with van der Waals surface area (Å²) in [6.07, 6.45) is -2.07. The summed E-state index contributed by atoms with van der Waals surface area (Å²) in [5, 5.41) is 0. The van der Waals surface area contributed by atoms with Crippen LogP contribution in [0.5, 0.6) is 11.5 Å². The zero-order valence-electron chi connectivity index (χ0n) is 17.5. The minimum absolute atomic E-state index is 0.0105. The number of halogens is 3. The third-order valence-corrected chi connectivity index (χ3v) is 4.24. The van der Waals surface area contributed by atoms with Crippen molar-refractivity contribution in [1.29, 1.82) is 0 Å². The average molecular weight is 472 g/mol. The van der Waals surface area contributed by atoms with Gasteiger partial charge in [-0.1, -0.05) is 12.1 Å². The SMILES string of the molecule is Nc1cc(N)cc(COC(=O)C=Cc2ccc(OC(=O)c3ccc(OC(F)(F)F)cc3)cc2)c1. The molecule has 0 aliphatic rings. The van der Waals surface area contributed by atoms with Crippen LogP contribution in [0.3, 0.4) is 0 Å². The Morgan fingerprint density at radius 3 is 2.03 bits per heavy atom. The number of alkyl halides is 3. The minimum atomic E-state index is -4.82. The van der Waals surface area contributed by atoms with E-state index in [1.165, 1.54) is 24.3 Å². The predicted molar refractivity (Wildman–Crippen MR) is 119 cm³/mol. The first-order valence-electron chi connectivity index (χ1n) is 9.75. The maximum atomic E-state index is 12.2. The van der Waals surface area contributed by atoms with Crippen LogP contribution in [0.4, 0.5) is 24.5 Å². The van der Waals surface area contributed by atoms with Crippen molar-refractivity contribution in [2.24, 2.45) is 0 Å². The summed E-state index contributed by atoms with van der Waals surface area (Å²) in [5.41, 5.74) is 13.7. The van der Waals surface area contributed by atoms with Crippen LogP contribution in [0.1, 0.15) is 21.5 Å². The highest BCUT2D eigenvalue weighted by Crippen LogP contribution is 2.23. The smallest absolute Gasteiger partial charge is 0.458 e. The van der Waals surface area contributed by atoms with Gasteiger partial charge in [-0.05, 0) is 71.8 Å². The maximum absolute atomic E-state index is 12.2. The van der Waals surface area contributed by atoms with Gasteiger partial charge >= 0.3 is 18.3 Å². The van der Waals surface area contributed by atoms with Crippen molar-refractivity contribution in [1.82, 2.24) is 0 Å². The molecule has 176 valence electrons. The Morgan fingerprint density at radius 1 is 0.853 bits per heavy atom. The topological polar surface area (TPSA) is 114 Å². The molecule has 0 amide bonds. The highest BCUT2D eigenvalue weighted by atomic mass is 19.4. The van der Waals surface area contributed by atoms with E-state index in [0.717, 1.165) is 24.3 Å². The summed E-state index contributed by atoms with van der Waals surface area (Å²) in [7, 11) is 0. The predicted octanol–water partition coefficient (Wildman–Crippen LogP) is 4.73. The van der Waals surface area contributed by atoms with E-state index in [4.69, 9.17) is 20.9 Å². The minimum Gasteiger partial charge on any atom is -0.458 e. The van der Waals surface area contributed by atoms with Crippen molar-refractivity contribution in [3.8, 4) is 11.5 Å². The van der Waals surface area contributed by atoms with Crippen molar-refractivity contribution < 1.29 is 37.0 Å². The third-order valence-electron chi connectivity index (χ3n) is 4.24. The molecule has 0 unspecified atom stereocenters. The molecule has 0 saturated carbocycles. The van der Waals surface area contributed by atoms with Crippen LogP contribution in [0, 0.1) is 0 Å². The Morgan fingerprint density at radius 2 is 1.44 bits per heavy atom. The van der Waals surface area contributed by atoms with E-state index in [2.05, 4.69) is 4.74 Å². The van der Waals surface area contributed by atoms with Crippen LogP contribution in [-0.2, 0) is 16.1 Å². The van der Waals surface area contributed by atoms with Crippen molar-refractivity contribution >= 4 is 29.4 Å². The zero-order valence-corrected chi connectivity index (χ0v) is 17.5. The number of hydrogen-bond donors (Lipinski definition) is 2. The maximum Gasteiger partial charge on any atom is 0.573 e. The van der Waals surface area contributed by atoms with Gasteiger partial charge in [0.15, 0.2) is 0 Å². The molecular weight excluding hydrogens is 453 g/mol. The van der Waals surface area contributed by atoms with Gasteiger partial charge in [-0.2, -0.15) is 0 Å². The van der Waals surface area contributed by atoms with Gasteiger partial charge in [0.2, 0.25) is 0 Å². The molecule has 10 heteroatoms. The lowest BCUT2D eigenvalue weighted by Gasteiger charge is -2.09. The molecule has 0 spiro atoms. The number of carbonyl (C=O) groups excluding carboxylic acids is 2. The molecule has 4 N–H and O–H groups in total. The zero-order chi connectivity index (χ0) is 24.7. The first-order chi connectivity index (χ1) is 16.1. The van der Waals surface area contributed by atoms with Crippen molar-refractivity contribution in [2.45, 2.75) is 13.0 Å². The Kier molecular flexibility index (Phi) is 7.42. The fourth-order valence-corrected chi connectivity index (χ4v) is 2.80. The summed E-state index contributed by atoms with van der Waals surface area (Å²) in [6, 6.07) is 15.4. The second-order valence-electron chi connectivity index (χ2n) is 6.98. The van der Waals surface area contributed by atoms with Gasteiger partial charge < -0.3 is 25.7 Å². The van der Waals surface area contributed by atoms with Gasteiger partial charge in [-0.25, -0.2) is 9.59 Å². The van der Waals surface area contributed by atoms with Crippen LogP contribution in [0.25, 0.3) is 6.08 Å². The molecule has 3 aromatic carbocycles. The summed E-state index contributed by atoms with van der Waals surface area (Å²) < 4.78 is 50.7. The number of rotatable bonds is 7. The van der Waals surface area contributed by atoms with Gasteiger partial charge in [0, 0.05) is 17.5 Å². The van der Waals surface area contributed by atoms with E-state index in [0.29, 0.717) is 22.5 Å². The van der Waals surface area contributed by atoms with Gasteiger partial charge in [0.25, 0.3) is 0 Å². The number of anilines is 2. The van der Waals surface area contributed by atoms with E-state index in [9.17, 15) is 22.8 Å². The van der Waals surface area contributed by atoms with Crippen LogP contribution >= 0.6 is 0 Å². The van der Waals surface area contributed by atoms with Gasteiger partial charge in [0.1, 0.15) is 18.1 Å². The first-order valence-corrected chi connectivity index (χ1v) is 9.75. The number of esters is 2. The van der Waals surface area contributed by atoms with Crippen LogP contribution in [0.2, 0.25) is 0 Å². The molecule has 0 aliphatic heterocycles. The summed E-state index contributed by atoms with van der Waals surface area (Å²) in [5.74, 6) is -1.57. The Hall–Kier alpha value is -4.47. The number of carbonyl (C=O) groups is 2. The molecule has 0 radical (unpaired) electrons. The Labute approximate surface area is 192 Å². The van der Waals surface area contributed by atoms with Crippen molar-refractivity contribution in [2.75, 3.05) is 11.5 Å². The third kappa shape index (κ3) is 7.59. The summed E-state index contributed by atoms with van der Waals surface area (Å²) in [4.78, 5) is 24.1. The lowest BCUT2D eigenvalue weighted by atomic mass is 10.2. The van der Waals surface area contributed by atoms with Crippen molar-refractivity contribution in [3.05, 3.63) is 89.5 Å². The molecule has 0 fully saturated rings. The molecule has 3 aromatic rings. The number of nitrogen functional groups attached to an aromatic ring is 2. The van der Waals surface area contributed by atoms with E-state index in [1.807, 2.05) is 0 Å². The highest BCUT2D eigenvalue weighted by molar-refractivity contribution is 5.91. The molecule has 0 saturated heterocycles. The summed E-state index contributed by atoms with van der Waals surface area (Å²) in [6.45, 7) is 0.0105. The monoisotopic (exact) mass is 472 g/mol. The lowest BCUT2D eigenvalue weighted by molar-refractivity contribution is -0.274. The normalized spacial score (nSPS) is 11.3. The number of hydrogen-bond acceptors (Lipinski definition) is 7. The number of benzene rings is 3. The largest absolute Gasteiger partial charge is 0.573 e. The number of ether oxygens (including phenoxy) is 3. The van der Waals surface area contributed by atoms with Crippen LogP contribution < -0.4 is 20.9 Å². The molecule has 0 bridgehead atoms. The average Bonchev–Trinajstić information content (AvgIpc) is 2.76. The van der Waals surface area contributed by atoms with Crippen LogP contribution in [-0.4, -0.2) is 18.3 Å². The quantitative estimate of drug-likeness (QED) is 0.221. The fraction of sp³-hybridized carbons (Fsp3) is 0.0833. The lowest BCUT2D eigenvalue weighted by Crippen LogP contribution is -2.17. The summed E-state index contributed by atoms with van der Waals surface area (Å²) >= 11 is 0. The second kappa shape index (κ2) is 10.4. The molecular formula is C24H19F3N2O5. The van der Waals surface area contributed by atoms with E-state index < -0.39 is 24.1 Å². The highest BCUT2D eigenvalue weighted by Gasteiger charge is 2.31. The molecule has 0 aromatic heterocycles. The van der Waals surface area contributed by atoms with E-state index >= 15 is 0 Å². The van der Waals surface area contributed by atoms with E-state index in [-0.39, 0.29) is 17.9 Å². The number of nitrogens with two attached hydrogens (primary N) is 2. The van der Waals surface area contributed by atoms with Gasteiger partial charge in [0.05, 0.1) is 5.56 Å². The molecule has 7 nitrogen and oxygen atoms in total.